The highest BCUT2D eigenvalue weighted by molar-refractivity contribution is 8.00. The quantitative estimate of drug-likeness (QED) is 0.895. The molecule has 1 heterocycles. The van der Waals surface area contributed by atoms with Crippen LogP contribution in [-0.4, -0.2) is 56.1 Å². The molecule has 7 heteroatoms. The Morgan fingerprint density at radius 3 is 2.90 bits per heavy atom. The zero-order valence-electron chi connectivity index (χ0n) is 11.4. The van der Waals surface area contributed by atoms with E-state index in [9.17, 15) is 12.8 Å². The first kappa shape index (κ1) is 15.6. The van der Waals surface area contributed by atoms with E-state index in [4.69, 9.17) is 0 Å². The number of nitrogens with one attached hydrogen (secondary N) is 1. The Bertz CT molecular complexity index is 551. The minimum absolute atomic E-state index is 0.290. The maximum absolute atomic E-state index is 13.4. The van der Waals surface area contributed by atoms with Crippen molar-refractivity contribution in [3.05, 3.63) is 30.1 Å². The van der Waals surface area contributed by atoms with E-state index >= 15 is 0 Å². The Kier molecular flexibility index (Phi) is 5.29. The molecule has 1 N–H and O–H groups in total. The third-order valence-electron chi connectivity index (χ3n) is 3.27. The molecule has 1 aromatic rings. The number of nitrogens with zero attached hydrogens (tertiary/aromatic N) is 1. The van der Waals surface area contributed by atoms with Crippen LogP contribution in [0.25, 0.3) is 0 Å². The predicted octanol–water partition coefficient (Wildman–Crippen LogP) is 1.66. The molecule has 20 heavy (non-hydrogen) atoms. The van der Waals surface area contributed by atoms with Crippen molar-refractivity contribution in [1.82, 2.24) is 4.90 Å². The second-order valence-electron chi connectivity index (χ2n) is 4.80. The lowest BCUT2D eigenvalue weighted by atomic mass is 10.3. The van der Waals surface area contributed by atoms with Gasteiger partial charge in [-0.1, -0.05) is 12.1 Å². The fraction of sp³-hybridized carbons (Fsp3) is 0.538. The molecular formula is C13H19FN2O2S2. The summed E-state index contributed by atoms with van der Waals surface area (Å²) in [5, 5.41) is 2.59. The fourth-order valence-corrected chi connectivity index (χ4v) is 5.18. The van der Waals surface area contributed by atoms with E-state index in [0.717, 1.165) is 12.3 Å². The van der Waals surface area contributed by atoms with Gasteiger partial charge in [0.05, 0.1) is 5.69 Å². The van der Waals surface area contributed by atoms with Crippen LogP contribution in [0.4, 0.5) is 10.1 Å². The highest BCUT2D eigenvalue weighted by atomic mass is 32.2. The molecule has 0 radical (unpaired) electrons. The molecule has 0 bridgehead atoms. The number of benzene rings is 1. The Balaban J connectivity index is 1.91. The molecule has 0 spiro atoms. The number of hydrogen-bond acceptors (Lipinski definition) is 5. The van der Waals surface area contributed by atoms with Gasteiger partial charge in [-0.25, -0.2) is 12.8 Å². The maximum atomic E-state index is 13.4. The zero-order chi connectivity index (χ0) is 14.6. The molecule has 1 aromatic carbocycles. The van der Waals surface area contributed by atoms with Gasteiger partial charge in [0, 0.05) is 37.4 Å². The van der Waals surface area contributed by atoms with Gasteiger partial charge in [0.15, 0.2) is 9.84 Å². The van der Waals surface area contributed by atoms with Gasteiger partial charge in [-0.15, -0.1) is 0 Å². The van der Waals surface area contributed by atoms with E-state index in [2.05, 4.69) is 5.32 Å². The number of thioether (sulfide) groups is 1. The van der Waals surface area contributed by atoms with Gasteiger partial charge in [-0.3, -0.25) is 4.90 Å². The Morgan fingerprint density at radius 2 is 2.20 bits per heavy atom. The van der Waals surface area contributed by atoms with E-state index in [1.165, 1.54) is 12.3 Å². The van der Waals surface area contributed by atoms with Crippen molar-refractivity contribution in [2.75, 3.05) is 42.7 Å². The first-order valence-electron chi connectivity index (χ1n) is 6.47. The molecule has 1 aliphatic rings. The number of para-hydroxylation sites is 1. The van der Waals surface area contributed by atoms with Gasteiger partial charge in [-0.05, 0) is 12.1 Å². The minimum atomic E-state index is -3.08. The molecule has 0 amide bonds. The molecule has 1 saturated heterocycles. The standard InChI is InChI=1S/C13H19FN2O2S2/c1-20(17,18)13-10-19-9-8-16(13)7-6-15-12-5-3-2-4-11(12)14/h2-5,13,15H,6-10H2,1H3. The summed E-state index contributed by atoms with van der Waals surface area (Å²) < 4.78 is 36.9. The normalized spacial score (nSPS) is 20.8. The zero-order valence-corrected chi connectivity index (χ0v) is 13.0. The van der Waals surface area contributed by atoms with E-state index in [0.29, 0.717) is 24.5 Å². The average Bonchev–Trinajstić information content (AvgIpc) is 2.40. The third-order valence-corrected chi connectivity index (χ3v) is 5.96. The number of anilines is 1. The van der Waals surface area contributed by atoms with Gasteiger partial charge in [-0.2, -0.15) is 11.8 Å². The summed E-state index contributed by atoms with van der Waals surface area (Å²) in [6, 6.07) is 6.49. The van der Waals surface area contributed by atoms with Gasteiger partial charge in [0.25, 0.3) is 0 Å². The molecular weight excluding hydrogens is 299 g/mol. The highest BCUT2D eigenvalue weighted by Crippen LogP contribution is 2.20. The topological polar surface area (TPSA) is 49.4 Å². The van der Waals surface area contributed by atoms with Crippen molar-refractivity contribution in [1.29, 1.82) is 0 Å². The first-order valence-corrected chi connectivity index (χ1v) is 9.58. The molecule has 0 aliphatic carbocycles. The Labute approximate surface area is 123 Å². The molecule has 1 atom stereocenters. The van der Waals surface area contributed by atoms with E-state index in [-0.39, 0.29) is 5.82 Å². The van der Waals surface area contributed by atoms with Crippen LogP contribution in [0.15, 0.2) is 24.3 Å². The largest absolute Gasteiger partial charge is 0.381 e. The van der Waals surface area contributed by atoms with E-state index < -0.39 is 15.2 Å². The minimum Gasteiger partial charge on any atom is -0.381 e. The molecule has 112 valence electrons. The summed E-state index contributed by atoms with van der Waals surface area (Å²) in [5.74, 6) is 1.26. The summed E-state index contributed by atoms with van der Waals surface area (Å²) in [7, 11) is -3.08. The molecule has 2 rings (SSSR count). The van der Waals surface area contributed by atoms with Crippen LogP contribution in [0.3, 0.4) is 0 Å². The Morgan fingerprint density at radius 1 is 1.45 bits per heavy atom. The van der Waals surface area contributed by atoms with E-state index in [1.807, 2.05) is 4.90 Å². The van der Waals surface area contributed by atoms with Crippen LogP contribution < -0.4 is 5.32 Å². The van der Waals surface area contributed by atoms with Crippen molar-refractivity contribution < 1.29 is 12.8 Å². The number of hydrogen-bond donors (Lipinski definition) is 1. The number of sulfone groups is 1. The number of rotatable bonds is 5. The smallest absolute Gasteiger partial charge is 0.164 e. The summed E-state index contributed by atoms with van der Waals surface area (Å²) in [6.45, 7) is 1.87. The van der Waals surface area contributed by atoms with Gasteiger partial charge in [0.1, 0.15) is 11.2 Å². The van der Waals surface area contributed by atoms with Crippen LogP contribution in [-0.2, 0) is 9.84 Å². The van der Waals surface area contributed by atoms with Gasteiger partial charge >= 0.3 is 0 Å². The SMILES string of the molecule is CS(=O)(=O)C1CSCCN1CCNc1ccccc1F. The Hall–Kier alpha value is -0.790. The second kappa shape index (κ2) is 6.78. The summed E-state index contributed by atoms with van der Waals surface area (Å²) >= 11 is 1.66. The van der Waals surface area contributed by atoms with Crippen LogP contribution in [0.5, 0.6) is 0 Å². The molecule has 4 nitrogen and oxygen atoms in total. The lowest BCUT2D eigenvalue weighted by Crippen LogP contribution is -2.48. The average molecular weight is 318 g/mol. The highest BCUT2D eigenvalue weighted by Gasteiger charge is 2.30. The summed E-state index contributed by atoms with van der Waals surface area (Å²) in [4.78, 5) is 1.96. The van der Waals surface area contributed by atoms with Crippen LogP contribution in [0, 0.1) is 5.82 Å². The van der Waals surface area contributed by atoms with Crippen LogP contribution in [0.1, 0.15) is 0 Å². The maximum Gasteiger partial charge on any atom is 0.164 e. The van der Waals surface area contributed by atoms with Gasteiger partial charge in [0.2, 0.25) is 0 Å². The number of halogens is 1. The summed E-state index contributed by atoms with van der Waals surface area (Å²) in [5.41, 5.74) is 0.454. The van der Waals surface area contributed by atoms with Crippen molar-refractivity contribution >= 4 is 27.3 Å². The lowest BCUT2D eigenvalue weighted by molar-refractivity contribution is 0.281. The third kappa shape index (κ3) is 4.10. The second-order valence-corrected chi connectivity index (χ2v) is 8.15. The lowest BCUT2D eigenvalue weighted by Gasteiger charge is -2.34. The molecule has 1 aliphatic heterocycles. The molecule has 0 aromatic heterocycles. The van der Waals surface area contributed by atoms with E-state index in [1.54, 1.807) is 30.0 Å². The van der Waals surface area contributed by atoms with Crippen molar-refractivity contribution in [3.63, 3.8) is 0 Å². The predicted molar refractivity (Wildman–Crippen MR) is 82.4 cm³/mol. The van der Waals surface area contributed by atoms with Crippen molar-refractivity contribution in [3.8, 4) is 0 Å². The first-order chi connectivity index (χ1) is 9.48. The fourth-order valence-electron chi connectivity index (χ4n) is 2.20. The monoisotopic (exact) mass is 318 g/mol. The molecule has 1 unspecified atom stereocenters. The molecule has 0 saturated carbocycles. The van der Waals surface area contributed by atoms with Gasteiger partial charge < -0.3 is 5.32 Å². The summed E-state index contributed by atoms with van der Waals surface area (Å²) in [6.07, 6.45) is 1.28. The van der Waals surface area contributed by atoms with Crippen molar-refractivity contribution in [2.24, 2.45) is 0 Å². The molecule has 1 fully saturated rings. The van der Waals surface area contributed by atoms with Crippen LogP contribution >= 0.6 is 11.8 Å². The van der Waals surface area contributed by atoms with Crippen LogP contribution in [0.2, 0.25) is 0 Å². The van der Waals surface area contributed by atoms with Crippen molar-refractivity contribution in [2.45, 2.75) is 5.37 Å².